The van der Waals surface area contributed by atoms with Gasteiger partial charge in [0.25, 0.3) is 0 Å². The summed E-state index contributed by atoms with van der Waals surface area (Å²) in [6.07, 6.45) is 1.77. The molecule has 0 N–H and O–H groups in total. The first kappa shape index (κ1) is 10.5. The summed E-state index contributed by atoms with van der Waals surface area (Å²) < 4.78 is 15.1. The van der Waals surface area contributed by atoms with E-state index in [-0.39, 0.29) is 12.1 Å². The van der Waals surface area contributed by atoms with Crippen molar-refractivity contribution >= 4 is 5.97 Å². The first-order valence-corrected chi connectivity index (χ1v) is 4.55. The van der Waals surface area contributed by atoms with Crippen molar-refractivity contribution < 1.29 is 19.0 Å². The zero-order valence-electron chi connectivity index (χ0n) is 8.12. The van der Waals surface area contributed by atoms with Crippen molar-refractivity contribution in [3.05, 3.63) is 0 Å². The first-order valence-electron chi connectivity index (χ1n) is 4.55. The second kappa shape index (κ2) is 5.19. The van der Waals surface area contributed by atoms with Crippen molar-refractivity contribution in [3.8, 4) is 0 Å². The summed E-state index contributed by atoms with van der Waals surface area (Å²) in [6, 6.07) is 0. The Balaban J connectivity index is 2.13. The molecule has 0 amide bonds. The number of carbonyl (C=O) groups is 1. The molecule has 13 heavy (non-hydrogen) atoms. The molecule has 1 aliphatic heterocycles. The van der Waals surface area contributed by atoms with E-state index in [9.17, 15) is 4.79 Å². The second-order valence-corrected chi connectivity index (χ2v) is 3.13. The van der Waals surface area contributed by atoms with Crippen LogP contribution in [0.25, 0.3) is 0 Å². The van der Waals surface area contributed by atoms with Crippen LogP contribution in [0.1, 0.15) is 19.8 Å². The van der Waals surface area contributed by atoms with Gasteiger partial charge in [-0.3, -0.25) is 0 Å². The molecular weight excluding hydrogens is 172 g/mol. The molecule has 0 aromatic rings. The van der Waals surface area contributed by atoms with Crippen LogP contribution in [-0.4, -0.2) is 38.5 Å². The van der Waals surface area contributed by atoms with E-state index in [1.54, 1.807) is 6.92 Å². The molecule has 1 rings (SSSR count). The molecule has 1 heterocycles. The zero-order valence-corrected chi connectivity index (χ0v) is 8.12. The fourth-order valence-corrected chi connectivity index (χ4v) is 1.26. The maximum Gasteiger partial charge on any atom is 0.334 e. The van der Waals surface area contributed by atoms with Gasteiger partial charge in [0.15, 0.2) is 6.10 Å². The largest absolute Gasteiger partial charge is 0.467 e. The minimum absolute atomic E-state index is 0.159. The highest BCUT2D eigenvalue weighted by Crippen LogP contribution is 2.12. The Labute approximate surface area is 78.2 Å². The van der Waals surface area contributed by atoms with Gasteiger partial charge in [0.2, 0.25) is 0 Å². The van der Waals surface area contributed by atoms with Crippen molar-refractivity contribution in [2.24, 2.45) is 0 Å². The van der Waals surface area contributed by atoms with Crippen LogP contribution >= 0.6 is 0 Å². The standard InChI is InChI=1S/C9H16O4/c1-7(9(10)11-2)13-6-8-4-3-5-12-8/h7-8H,3-6H2,1-2H3/t7-,8?/m1/s1. The summed E-state index contributed by atoms with van der Waals surface area (Å²) in [6.45, 7) is 2.97. The summed E-state index contributed by atoms with van der Waals surface area (Å²) in [5.74, 6) is -0.335. The summed E-state index contributed by atoms with van der Waals surface area (Å²) in [7, 11) is 1.36. The van der Waals surface area contributed by atoms with E-state index in [1.807, 2.05) is 0 Å². The van der Waals surface area contributed by atoms with Crippen LogP contribution in [0.3, 0.4) is 0 Å². The molecule has 0 bridgehead atoms. The molecule has 1 saturated heterocycles. The zero-order chi connectivity index (χ0) is 9.68. The normalized spacial score (nSPS) is 24.3. The maximum absolute atomic E-state index is 10.9. The van der Waals surface area contributed by atoms with E-state index >= 15 is 0 Å². The lowest BCUT2D eigenvalue weighted by Crippen LogP contribution is -2.26. The Morgan fingerprint density at radius 2 is 2.46 bits per heavy atom. The van der Waals surface area contributed by atoms with Crippen LogP contribution < -0.4 is 0 Å². The van der Waals surface area contributed by atoms with Gasteiger partial charge >= 0.3 is 5.97 Å². The van der Waals surface area contributed by atoms with E-state index in [2.05, 4.69) is 4.74 Å². The Kier molecular flexibility index (Phi) is 4.18. The topological polar surface area (TPSA) is 44.8 Å². The molecule has 0 aromatic heterocycles. The average Bonchev–Trinajstić information content (AvgIpc) is 2.65. The Hall–Kier alpha value is -0.610. The van der Waals surface area contributed by atoms with Crippen LogP contribution in [0.15, 0.2) is 0 Å². The third-order valence-electron chi connectivity index (χ3n) is 2.09. The van der Waals surface area contributed by atoms with Crippen molar-refractivity contribution in [3.63, 3.8) is 0 Å². The number of ether oxygens (including phenoxy) is 3. The van der Waals surface area contributed by atoms with Crippen LogP contribution in [-0.2, 0) is 19.0 Å². The number of hydrogen-bond acceptors (Lipinski definition) is 4. The van der Waals surface area contributed by atoms with E-state index in [4.69, 9.17) is 9.47 Å². The third kappa shape index (κ3) is 3.32. The van der Waals surface area contributed by atoms with Crippen LogP contribution in [0.5, 0.6) is 0 Å². The van der Waals surface area contributed by atoms with Crippen LogP contribution in [0.4, 0.5) is 0 Å². The van der Waals surface area contributed by atoms with Crippen molar-refractivity contribution in [2.45, 2.75) is 32.0 Å². The fraction of sp³-hybridized carbons (Fsp3) is 0.889. The van der Waals surface area contributed by atoms with Gasteiger partial charge in [-0.05, 0) is 19.8 Å². The molecule has 1 fully saturated rings. The van der Waals surface area contributed by atoms with E-state index in [0.717, 1.165) is 19.4 Å². The van der Waals surface area contributed by atoms with Gasteiger partial charge in [0, 0.05) is 6.61 Å². The summed E-state index contributed by atoms with van der Waals surface area (Å²) in [5.41, 5.74) is 0. The number of methoxy groups -OCH3 is 1. The first-order chi connectivity index (χ1) is 6.24. The molecule has 0 aliphatic carbocycles. The summed E-state index contributed by atoms with van der Waals surface area (Å²) >= 11 is 0. The van der Waals surface area contributed by atoms with Crippen molar-refractivity contribution in [1.82, 2.24) is 0 Å². The number of esters is 1. The quantitative estimate of drug-likeness (QED) is 0.610. The molecule has 4 nitrogen and oxygen atoms in total. The van der Waals surface area contributed by atoms with Gasteiger partial charge in [-0.25, -0.2) is 4.79 Å². The molecule has 0 radical (unpaired) electrons. The lowest BCUT2D eigenvalue weighted by atomic mass is 10.2. The Morgan fingerprint density at radius 1 is 1.69 bits per heavy atom. The molecule has 1 aliphatic rings. The Bertz CT molecular complexity index is 163. The molecule has 4 heteroatoms. The van der Waals surface area contributed by atoms with E-state index in [1.165, 1.54) is 7.11 Å². The predicted molar refractivity (Wildman–Crippen MR) is 46.4 cm³/mol. The minimum Gasteiger partial charge on any atom is -0.467 e. The summed E-state index contributed by atoms with van der Waals surface area (Å²) in [5, 5.41) is 0. The van der Waals surface area contributed by atoms with Gasteiger partial charge < -0.3 is 14.2 Å². The highest BCUT2D eigenvalue weighted by atomic mass is 16.6. The fourth-order valence-electron chi connectivity index (χ4n) is 1.26. The molecule has 1 unspecified atom stereocenters. The van der Waals surface area contributed by atoms with Gasteiger partial charge in [-0.2, -0.15) is 0 Å². The van der Waals surface area contributed by atoms with Gasteiger partial charge in [0.05, 0.1) is 19.8 Å². The van der Waals surface area contributed by atoms with Crippen LogP contribution in [0.2, 0.25) is 0 Å². The molecular formula is C9H16O4. The average molecular weight is 188 g/mol. The molecule has 0 saturated carbocycles. The molecule has 76 valence electrons. The monoisotopic (exact) mass is 188 g/mol. The lowest BCUT2D eigenvalue weighted by molar-refractivity contribution is -0.154. The molecule has 0 spiro atoms. The lowest BCUT2D eigenvalue weighted by Gasteiger charge is -2.13. The number of rotatable bonds is 4. The molecule has 0 aromatic carbocycles. The Morgan fingerprint density at radius 3 is 3.00 bits per heavy atom. The van der Waals surface area contributed by atoms with Gasteiger partial charge in [0.1, 0.15) is 0 Å². The predicted octanol–water partition coefficient (Wildman–Crippen LogP) is 0.743. The highest BCUT2D eigenvalue weighted by Gasteiger charge is 2.19. The van der Waals surface area contributed by atoms with Gasteiger partial charge in [-0.15, -0.1) is 0 Å². The number of hydrogen-bond donors (Lipinski definition) is 0. The third-order valence-corrected chi connectivity index (χ3v) is 2.09. The van der Waals surface area contributed by atoms with Crippen LogP contribution in [0, 0.1) is 0 Å². The highest BCUT2D eigenvalue weighted by molar-refractivity contribution is 5.73. The van der Waals surface area contributed by atoms with Crippen molar-refractivity contribution in [1.29, 1.82) is 0 Å². The SMILES string of the molecule is COC(=O)[C@@H](C)OCC1CCCO1. The van der Waals surface area contributed by atoms with Gasteiger partial charge in [-0.1, -0.05) is 0 Å². The maximum atomic E-state index is 10.9. The van der Waals surface area contributed by atoms with Crippen molar-refractivity contribution in [2.75, 3.05) is 20.3 Å². The smallest absolute Gasteiger partial charge is 0.334 e. The van der Waals surface area contributed by atoms with E-state index in [0.29, 0.717) is 6.61 Å². The summed E-state index contributed by atoms with van der Waals surface area (Å²) in [4.78, 5) is 10.9. The second-order valence-electron chi connectivity index (χ2n) is 3.13. The number of carbonyl (C=O) groups excluding carboxylic acids is 1. The molecule has 2 atom stereocenters. The minimum atomic E-state index is -0.491. The van der Waals surface area contributed by atoms with E-state index < -0.39 is 6.10 Å².